The SMILES string of the molecule is Nc1scc[n+]1Cc1ccccc1Cl.O=C(O)Cc1c[nH]c2ccccc12. The van der Waals surface area contributed by atoms with Crippen LogP contribution < -0.4 is 10.3 Å². The molecule has 2 aromatic heterocycles. The predicted molar refractivity (Wildman–Crippen MR) is 109 cm³/mol. The number of hydrogen-bond donors (Lipinski definition) is 3. The minimum absolute atomic E-state index is 0.0734. The zero-order valence-corrected chi connectivity index (χ0v) is 16.0. The molecule has 0 amide bonds. The Bertz CT molecular complexity index is 1060. The van der Waals surface area contributed by atoms with Crippen LogP contribution in [0.1, 0.15) is 11.1 Å². The molecule has 138 valence electrons. The first-order valence-electron chi connectivity index (χ1n) is 8.27. The topological polar surface area (TPSA) is 83.0 Å². The third kappa shape index (κ3) is 4.87. The molecule has 4 aromatic rings. The number of H-pyrrole nitrogens is 1. The van der Waals surface area contributed by atoms with E-state index < -0.39 is 5.97 Å². The number of carboxylic acid groups (broad SMARTS) is 1. The molecule has 0 aliphatic heterocycles. The smallest absolute Gasteiger partial charge is 0.331 e. The van der Waals surface area contributed by atoms with Gasteiger partial charge < -0.3 is 10.1 Å². The average Bonchev–Trinajstić information content (AvgIpc) is 3.24. The van der Waals surface area contributed by atoms with Gasteiger partial charge in [-0.05, 0) is 17.7 Å². The van der Waals surface area contributed by atoms with Crippen molar-refractivity contribution in [2.24, 2.45) is 0 Å². The van der Waals surface area contributed by atoms with Crippen LogP contribution in [0.15, 0.2) is 66.3 Å². The number of carbonyl (C=O) groups is 1. The Morgan fingerprint density at radius 3 is 2.59 bits per heavy atom. The number of nitrogens with two attached hydrogens (primary N) is 1. The van der Waals surface area contributed by atoms with Crippen LogP contribution >= 0.6 is 22.9 Å². The molecule has 4 rings (SSSR count). The maximum absolute atomic E-state index is 10.5. The molecule has 5 nitrogen and oxygen atoms in total. The van der Waals surface area contributed by atoms with Gasteiger partial charge in [-0.1, -0.05) is 59.3 Å². The number of hydrogen-bond acceptors (Lipinski definition) is 3. The highest BCUT2D eigenvalue weighted by Crippen LogP contribution is 2.18. The minimum Gasteiger partial charge on any atom is -0.481 e. The van der Waals surface area contributed by atoms with Crippen LogP contribution in [-0.2, 0) is 17.8 Å². The number of fused-ring (bicyclic) bond motifs is 1. The molecule has 0 bridgehead atoms. The lowest BCUT2D eigenvalue weighted by Gasteiger charge is -2.01. The Kier molecular flexibility index (Phi) is 6.11. The van der Waals surface area contributed by atoms with Gasteiger partial charge in [0, 0.05) is 33.1 Å². The van der Waals surface area contributed by atoms with Crippen LogP contribution in [0.3, 0.4) is 0 Å². The first-order valence-corrected chi connectivity index (χ1v) is 9.53. The second-order valence-corrected chi connectivity index (χ2v) is 7.22. The van der Waals surface area contributed by atoms with Crippen LogP contribution in [0.5, 0.6) is 0 Å². The number of anilines is 1. The molecule has 4 N–H and O–H groups in total. The molecule has 2 heterocycles. The van der Waals surface area contributed by atoms with E-state index in [1.807, 2.05) is 64.7 Å². The monoisotopic (exact) mass is 400 g/mol. The third-order valence-corrected chi connectivity index (χ3v) is 5.13. The number of thiazole rings is 1. The molecular formula is C20H19ClN3O2S+. The Morgan fingerprint density at radius 1 is 1.15 bits per heavy atom. The molecule has 7 heteroatoms. The maximum atomic E-state index is 10.5. The fourth-order valence-electron chi connectivity index (χ4n) is 2.70. The fraction of sp³-hybridized carbons (Fsp3) is 0.100. The lowest BCUT2D eigenvalue weighted by atomic mass is 10.1. The molecule has 0 spiro atoms. The number of nitrogen functional groups attached to an aromatic ring is 1. The van der Waals surface area contributed by atoms with E-state index in [1.165, 1.54) is 11.3 Å². The van der Waals surface area contributed by atoms with Crippen LogP contribution in [-0.4, -0.2) is 16.1 Å². The van der Waals surface area contributed by atoms with Crippen LogP contribution in [0.4, 0.5) is 5.13 Å². The van der Waals surface area contributed by atoms with Crippen molar-refractivity contribution in [1.82, 2.24) is 4.98 Å². The van der Waals surface area contributed by atoms with Crippen molar-refractivity contribution in [3.8, 4) is 0 Å². The number of benzene rings is 2. The van der Waals surface area contributed by atoms with E-state index in [0.717, 1.165) is 38.7 Å². The first-order chi connectivity index (χ1) is 13.0. The zero-order chi connectivity index (χ0) is 19.2. The summed E-state index contributed by atoms with van der Waals surface area (Å²) in [7, 11) is 0. The summed E-state index contributed by atoms with van der Waals surface area (Å²) < 4.78 is 1.98. The van der Waals surface area contributed by atoms with Gasteiger partial charge >= 0.3 is 11.1 Å². The van der Waals surface area contributed by atoms with Crippen molar-refractivity contribution in [3.63, 3.8) is 0 Å². The molecular weight excluding hydrogens is 382 g/mol. The molecule has 0 saturated carbocycles. The number of rotatable bonds is 4. The second-order valence-electron chi connectivity index (χ2n) is 5.89. The molecule has 0 radical (unpaired) electrons. The number of aliphatic carboxylic acids is 1. The summed E-state index contributed by atoms with van der Waals surface area (Å²) in [6.07, 6.45) is 3.78. The van der Waals surface area contributed by atoms with Crippen LogP contribution in [0, 0.1) is 0 Å². The van der Waals surface area contributed by atoms with E-state index in [1.54, 1.807) is 6.20 Å². The fourth-order valence-corrected chi connectivity index (χ4v) is 3.50. The van der Waals surface area contributed by atoms with E-state index in [2.05, 4.69) is 4.98 Å². The van der Waals surface area contributed by atoms with Crippen molar-refractivity contribution in [3.05, 3.63) is 82.5 Å². The molecule has 0 saturated heterocycles. The minimum atomic E-state index is -0.801. The van der Waals surface area contributed by atoms with Crippen molar-refractivity contribution < 1.29 is 14.5 Å². The molecule has 0 fully saturated rings. The normalized spacial score (nSPS) is 10.4. The molecule has 2 aromatic carbocycles. The molecule has 0 aliphatic carbocycles. The Labute approximate surface area is 165 Å². The quantitative estimate of drug-likeness (QED) is 0.451. The van der Waals surface area contributed by atoms with Crippen molar-refractivity contribution in [2.75, 3.05) is 5.73 Å². The summed E-state index contributed by atoms with van der Waals surface area (Å²) >= 11 is 7.57. The van der Waals surface area contributed by atoms with Gasteiger partial charge in [0.15, 0.2) is 0 Å². The highest BCUT2D eigenvalue weighted by molar-refractivity contribution is 7.12. The van der Waals surface area contributed by atoms with Gasteiger partial charge in [-0.25, -0.2) is 4.57 Å². The maximum Gasteiger partial charge on any atom is 0.331 e. The predicted octanol–water partition coefficient (Wildman–Crippen LogP) is 4.11. The van der Waals surface area contributed by atoms with Crippen molar-refractivity contribution in [2.45, 2.75) is 13.0 Å². The van der Waals surface area contributed by atoms with Gasteiger partial charge in [0.05, 0.1) is 6.42 Å². The summed E-state index contributed by atoms with van der Waals surface area (Å²) in [5.74, 6) is -0.801. The van der Waals surface area contributed by atoms with Gasteiger partial charge in [0.25, 0.3) is 0 Å². The van der Waals surface area contributed by atoms with Gasteiger partial charge in [-0.2, -0.15) is 0 Å². The molecule has 0 atom stereocenters. The molecule has 0 unspecified atom stereocenters. The van der Waals surface area contributed by atoms with E-state index in [9.17, 15) is 4.79 Å². The second kappa shape index (κ2) is 8.70. The number of aromatic nitrogens is 2. The summed E-state index contributed by atoms with van der Waals surface area (Å²) in [6, 6.07) is 15.5. The summed E-state index contributed by atoms with van der Waals surface area (Å²) in [6.45, 7) is 0.731. The standard InChI is InChI=1S/C10H9ClN2S.C10H9NO2/c11-9-4-2-1-3-8(9)7-13-5-6-14-10(13)12;12-10(13)5-7-6-11-9-4-2-1-3-8(7)9/h1-6,12H,7H2;1-4,6,11H,5H2,(H,12,13)/p+1. The van der Waals surface area contributed by atoms with E-state index in [0.29, 0.717) is 0 Å². The Balaban J connectivity index is 0.000000156. The third-order valence-electron chi connectivity index (χ3n) is 4.03. The lowest BCUT2D eigenvalue weighted by Crippen LogP contribution is -2.34. The van der Waals surface area contributed by atoms with Gasteiger partial charge in [-0.3, -0.25) is 10.5 Å². The number of aromatic amines is 1. The van der Waals surface area contributed by atoms with E-state index in [4.69, 9.17) is 22.4 Å². The Morgan fingerprint density at radius 2 is 1.89 bits per heavy atom. The lowest BCUT2D eigenvalue weighted by molar-refractivity contribution is -0.669. The van der Waals surface area contributed by atoms with Crippen LogP contribution in [0.2, 0.25) is 5.02 Å². The average molecular weight is 401 g/mol. The molecule has 27 heavy (non-hydrogen) atoms. The largest absolute Gasteiger partial charge is 0.481 e. The first kappa shape index (κ1) is 18.9. The van der Waals surface area contributed by atoms with Gasteiger partial charge in [-0.15, -0.1) is 0 Å². The van der Waals surface area contributed by atoms with Crippen molar-refractivity contribution >= 4 is 44.9 Å². The number of nitrogens with zero attached hydrogens (tertiary/aromatic N) is 1. The van der Waals surface area contributed by atoms with E-state index >= 15 is 0 Å². The molecule has 0 aliphatic rings. The highest BCUT2D eigenvalue weighted by atomic mass is 35.5. The number of halogens is 1. The number of para-hydroxylation sites is 1. The summed E-state index contributed by atoms with van der Waals surface area (Å²) in [4.78, 5) is 13.5. The summed E-state index contributed by atoms with van der Waals surface area (Å²) in [5, 5.41) is 13.2. The van der Waals surface area contributed by atoms with Gasteiger partial charge in [0.1, 0.15) is 12.7 Å². The zero-order valence-electron chi connectivity index (χ0n) is 14.4. The van der Waals surface area contributed by atoms with Crippen molar-refractivity contribution in [1.29, 1.82) is 0 Å². The van der Waals surface area contributed by atoms with Gasteiger partial charge in [0.2, 0.25) is 0 Å². The number of nitrogens with one attached hydrogen (secondary N) is 1. The summed E-state index contributed by atoms with van der Waals surface area (Å²) in [5.41, 5.74) is 8.69. The highest BCUT2D eigenvalue weighted by Gasteiger charge is 2.08. The number of carboxylic acids is 1. The van der Waals surface area contributed by atoms with E-state index in [-0.39, 0.29) is 6.42 Å². The Hall–Kier alpha value is -2.83. The van der Waals surface area contributed by atoms with Crippen LogP contribution in [0.25, 0.3) is 10.9 Å².